The molecule has 0 aliphatic carbocycles. The average molecular weight is 612 g/mol. The number of benzene rings is 2. The fourth-order valence-electron chi connectivity index (χ4n) is 7.68. The minimum Gasteiger partial charge on any atom is -0.371 e. The highest BCUT2D eigenvalue weighted by atomic mass is 32.1. The maximum absolute atomic E-state index is 15.7. The predicted molar refractivity (Wildman–Crippen MR) is 167 cm³/mol. The van der Waals surface area contributed by atoms with E-state index >= 15 is 4.39 Å². The Hall–Kier alpha value is -4.09. The van der Waals surface area contributed by atoms with Gasteiger partial charge in [0.2, 0.25) is 0 Å². The SMILES string of the molecule is CN1CC2(CCN(c3ccc(-c4cc(F)c5c(c4)C(=O)N(C(C(=O)Nc4nccs4)c4ncn6c4CCC6)C5)cc3)CC2)C1. The van der Waals surface area contributed by atoms with E-state index in [1.54, 1.807) is 24.0 Å². The average Bonchev–Trinajstić information content (AvgIpc) is 3.81. The second-order valence-corrected chi connectivity index (χ2v) is 13.6. The van der Waals surface area contributed by atoms with E-state index in [2.05, 4.69) is 44.3 Å². The van der Waals surface area contributed by atoms with Crippen molar-refractivity contribution in [1.82, 2.24) is 24.3 Å². The number of nitrogens with one attached hydrogen (secondary N) is 1. The first-order valence-electron chi connectivity index (χ1n) is 15.3. The third kappa shape index (κ3) is 4.60. The molecular formula is C33H34FN7O2S. The highest BCUT2D eigenvalue weighted by molar-refractivity contribution is 7.13. The fourth-order valence-corrected chi connectivity index (χ4v) is 8.22. The number of likely N-dealkylation sites (tertiary alicyclic amines) is 1. The Kier molecular flexibility index (Phi) is 6.56. The smallest absolute Gasteiger partial charge is 0.255 e. The first-order chi connectivity index (χ1) is 21.4. The number of carbonyl (C=O) groups excluding carboxylic acids is 2. The summed E-state index contributed by atoms with van der Waals surface area (Å²) in [5.74, 6) is -1.22. The topological polar surface area (TPSA) is 86.6 Å². The monoisotopic (exact) mass is 611 g/mol. The summed E-state index contributed by atoms with van der Waals surface area (Å²) < 4.78 is 17.7. The van der Waals surface area contributed by atoms with Crippen LogP contribution in [0, 0.1) is 11.2 Å². The number of carbonyl (C=O) groups is 2. The molecule has 2 aromatic heterocycles. The number of halogens is 1. The summed E-state index contributed by atoms with van der Waals surface area (Å²) in [6.07, 6.45) is 7.48. The number of nitrogens with zero attached hydrogens (tertiary/aromatic N) is 6. The lowest BCUT2D eigenvalue weighted by molar-refractivity contribution is -0.121. The van der Waals surface area contributed by atoms with Gasteiger partial charge < -0.3 is 19.3 Å². The fraction of sp³-hybridized carbons (Fsp3) is 0.394. The number of hydrogen-bond acceptors (Lipinski definition) is 7. The van der Waals surface area contributed by atoms with E-state index in [0.29, 0.717) is 32.9 Å². The zero-order chi connectivity index (χ0) is 30.0. The number of anilines is 2. The number of hydrogen-bond donors (Lipinski definition) is 1. The molecule has 4 aliphatic heterocycles. The molecule has 6 heterocycles. The molecule has 2 fully saturated rings. The minimum atomic E-state index is -1.00. The number of rotatable bonds is 6. The third-order valence-corrected chi connectivity index (χ3v) is 10.6. The van der Waals surface area contributed by atoms with Crippen LogP contribution in [0.1, 0.15) is 52.6 Å². The van der Waals surface area contributed by atoms with Gasteiger partial charge in [-0.1, -0.05) is 12.1 Å². The molecule has 2 saturated heterocycles. The number of piperidine rings is 1. The summed E-state index contributed by atoms with van der Waals surface area (Å²) in [7, 11) is 2.19. The van der Waals surface area contributed by atoms with Crippen molar-refractivity contribution in [3.05, 3.63) is 82.6 Å². The van der Waals surface area contributed by atoms with E-state index in [0.717, 1.165) is 43.7 Å². The molecular weight excluding hydrogens is 577 g/mol. The molecule has 0 radical (unpaired) electrons. The Morgan fingerprint density at radius 2 is 1.86 bits per heavy atom. The highest BCUT2D eigenvalue weighted by Gasteiger charge is 2.44. The predicted octanol–water partition coefficient (Wildman–Crippen LogP) is 4.96. The van der Waals surface area contributed by atoms with Crippen molar-refractivity contribution in [2.75, 3.05) is 43.4 Å². The summed E-state index contributed by atoms with van der Waals surface area (Å²) in [6, 6.07) is 10.5. The molecule has 1 spiro atoms. The largest absolute Gasteiger partial charge is 0.371 e. The third-order valence-electron chi connectivity index (χ3n) is 9.89. The number of aryl methyl sites for hydroxylation is 1. The van der Waals surface area contributed by atoms with E-state index in [-0.39, 0.29) is 12.5 Å². The van der Waals surface area contributed by atoms with Crippen LogP contribution in [0.4, 0.5) is 15.2 Å². The van der Waals surface area contributed by atoms with E-state index in [4.69, 9.17) is 0 Å². The second kappa shape index (κ2) is 10.5. The van der Waals surface area contributed by atoms with Crippen molar-refractivity contribution in [3.8, 4) is 11.1 Å². The molecule has 11 heteroatoms. The molecule has 1 unspecified atom stereocenters. The van der Waals surface area contributed by atoms with Gasteiger partial charge in [-0.05, 0) is 73.5 Å². The number of amides is 2. The van der Waals surface area contributed by atoms with Crippen molar-refractivity contribution in [2.45, 2.75) is 44.8 Å². The lowest BCUT2D eigenvalue weighted by Crippen LogP contribution is -2.58. The zero-order valence-corrected chi connectivity index (χ0v) is 25.4. The van der Waals surface area contributed by atoms with E-state index < -0.39 is 17.8 Å². The van der Waals surface area contributed by atoms with Gasteiger partial charge in [-0.25, -0.2) is 14.4 Å². The van der Waals surface area contributed by atoms with Gasteiger partial charge in [0.15, 0.2) is 11.2 Å². The van der Waals surface area contributed by atoms with Crippen molar-refractivity contribution in [3.63, 3.8) is 0 Å². The van der Waals surface area contributed by atoms with Gasteiger partial charge >= 0.3 is 0 Å². The number of imidazole rings is 1. The van der Waals surface area contributed by atoms with Crippen LogP contribution < -0.4 is 10.2 Å². The van der Waals surface area contributed by atoms with Gasteiger partial charge in [-0.15, -0.1) is 11.3 Å². The van der Waals surface area contributed by atoms with Crippen LogP contribution in [-0.4, -0.2) is 69.4 Å². The maximum atomic E-state index is 15.7. The van der Waals surface area contributed by atoms with Crippen molar-refractivity contribution >= 4 is 34.0 Å². The molecule has 1 atom stereocenters. The molecule has 226 valence electrons. The Labute approximate surface area is 259 Å². The van der Waals surface area contributed by atoms with Crippen LogP contribution in [0.3, 0.4) is 0 Å². The zero-order valence-electron chi connectivity index (χ0n) is 24.6. The normalized spacial score (nSPS) is 19.6. The molecule has 2 amide bonds. The van der Waals surface area contributed by atoms with Crippen LogP contribution >= 0.6 is 11.3 Å². The Balaban J connectivity index is 1.05. The summed E-state index contributed by atoms with van der Waals surface area (Å²) in [6.45, 7) is 5.30. The molecule has 8 rings (SSSR count). The first kappa shape index (κ1) is 27.5. The van der Waals surface area contributed by atoms with Gasteiger partial charge in [0.05, 0.1) is 18.6 Å². The van der Waals surface area contributed by atoms with Gasteiger partial charge in [-0.2, -0.15) is 0 Å². The molecule has 4 aliphatic rings. The lowest BCUT2D eigenvalue weighted by Gasteiger charge is -2.53. The number of thiazole rings is 1. The summed E-state index contributed by atoms with van der Waals surface area (Å²) in [5.41, 5.74) is 5.24. The van der Waals surface area contributed by atoms with Crippen LogP contribution in [0.2, 0.25) is 0 Å². The first-order valence-corrected chi connectivity index (χ1v) is 16.2. The lowest BCUT2D eigenvalue weighted by atomic mass is 9.72. The minimum absolute atomic E-state index is 0.00623. The maximum Gasteiger partial charge on any atom is 0.255 e. The van der Waals surface area contributed by atoms with Crippen LogP contribution in [0.5, 0.6) is 0 Å². The second-order valence-electron chi connectivity index (χ2n) is 12.7. The summed E-state index contributed by atoms with van der Waals surface area (Å²) >= 11 is 1.30. The van der Waals surface area contributed by atoms with Crippen LogP contribution in [-0.2, 0) is 24.3 Å². The van der Waals surface area contributed by atoms with Gasteiger partial charge in [-0.3, -0.25) is 14.9 Å². The van der Waals surface area contributed by atoms with E-state index in [1.807, 2.05) is 16.7 Å². The summed E-state index contributed by atoms with van der Waals surface area (Å²) in [4.78, 5) is 42.7. The van der Waals surface area contributed by atoms with Crippen LogP contribution in [0.25, 0.3) is 11.1 Å². The van der Waals surface area contributed by atoms with E-state index in [1.165, 1.54) is 53.9 Å². The molecule has 2 aromatic carbocycles. The summed E-state index contributed by atoms with van der Waals surface area (Å²) in [5, 5.41) is 5.06. The van der Waals surface area contributed by atoms with Crippen molar-refractivity contribution in [1.29, 1.82) is 0 Å². The van der Waals surface area contributed by atoms with Crippen LogP contribution in [0.15, 0.2) is 54.3 Å². The molecule has 9 nitrogen and oxygen atoms in total. The molecule has 0 saturated carbocycles. The number of fused-ring (bicyclic) bond motifs is 2. The van der Waals surface area contributed by atoms with Gasteiger partial charge in [0.25, 0.3) is 11.8 Å². The standard InChI is InChI=1S/C33H34FN7O2S/c1-38-18-33(19-38)8-12-39(13-9-33)23-6-4-21(5-7-23)22-15-24-25(26(34)16-22)17-41(31(24)43)29(30(42)37-32-35-10-14-44-32)28-27-3-2-11-40(27)20-36-28/h4-7,10,14-16,20,29H,2-3,8-9,11-13,17-19H2,1H3,(H,35,37,42). The van der Waals surface area contributed by atoms with Crippen molar-refractivity contribution in [2.24, 2.45) is 5.41 Å². The van der Waals surface area contributed by atoms with Gasteiger partial charge in [0.1, 0.15) is 5.82 Å². The highest BCUT2D eigenvalue weighted by Crippen LogP contribution is 2.41. The Morgan fingerprint density at radius 3 is 2.59 bits per heavy atom. The molecule has 1 N–H and O–H groups in total. The quantitative estimate of drug-likeness (QED) is 0.332. The molecule has 44 heavy (non-hydrogen) atoms. The van der Waals surface area contributed by atoms with Gasteiger partial charge in [0, 0.05) is 66.8 Å². The number of aromatic nitrogens is 3. The molecule has 4 aromatic rings. The van der Waals surface area contributed by atoms with E-state index in [9.17, 15) is 9.59 Å². The van der Waals surface area contributed by atoms with Crippen molar-refractivity contribution < 1.29 is 14.0 Å². The molecule has 0 bridgehead atoms. The Morgan fingerprint density at radius 1 is 1.07 bits per heavy atom. The Bertz CT molecular complexity index is 1740.